The quantitative estimate of drug-likeness (QED) is 0.655. The SMILES string of the molecule is COC(=O)[C@@](C)(OC)C1CCCCC1. The van der Waals surface area contributed by atoms with Gasteiger partial charge in [0.1, 0.15) is 0 Å². The van der Waals surface area contributed by atoms with Gasteiger partial charge in [-0.25, -0.2) is 4.79 Å². The molecule has 14 heavy (non-hydrogen) atoms. The van der Waals surface area contributed by atoms with Crippen molar-refractivity contribution in [2.24, 2.45) is 5.92 Å². The molecule has 82 valence electrons. The van der Waals surface area contributed by atoms with Crippen LogP contribution in [0.5, 0.6) is 0 Å². The summed E-state index contributed by atoms with van der Waals surface area (Å²) in [7, 11) is 3.01. The molecule has 3 heteroatoms. The van der Waals surface area contributed by atoms with Gasteiger partial charge in [-0.3, -0.25) is 0 Å². The Balaban J connectivity index is 2.71. The van der Waals surface area contributed by atoms with Gasteiger partial charge in [0, 0.05) is 7.11 Å². The van der Waals surface area contributed by atoms with Crippen LogP contribution in [0.25, 0.3) is 0 Å². The third-order valence-electron chi connectivity index (χ3n) is 3.40. The summed E-state index contributed by atoms with van der Waals surface area (Å²) in [5, 5.41) is 0. The van der Waals surface area contributed by atoms with E-state index in [1.165, 1.54) is 26.4 Å². The maximum atomic E-state index is 11.6. The van der Waals surface area contributed by atoms with Crippen molar-refractivity contribution in [1.29, 1.82) is 0 Å². The van der Waals surface area contributed by atoms with E-state index in [1.54, 1.807) is 7.11 Å². The van der Waals surface area contributed by atoms with Gasteiger partial charge >= 0.3 is 5.97 Å². The monoisotopic (exact) mass is 200 g/mol. The van der Waals surface area contributed by atoms with E-state index in [0.29, 0.717) is 5.92 Å². The van der Waals surface area contributed by atoms with Crippen LogP contribution >= 0.6 is 0 Å². The maximum Gasteiger partial charge on any atom is 0.338 e. The fraction of sp³-hybridized carbons (Fsp3) is 0.909. The molecule has 0 aromatic rings. The van der Waals surface area contributed by atoms with Crippen LogP contribution in [0.2, 0.25) is 0 Å². The van der Waals surface area contributed by atoms with Gasteiger partial charge in [-0.1, -0.05) is 19.3 Å². The molecule has 0 saturated heterocycles. The molecule has 1 aliphatic carbocycles. The Kier molecular flexibility index (Phi) is 3.93. The first-order valence-electron chi connectivity index (χ1n) is 5.28. The molecule has 0 N–H and O–H groups in total. The number of rotatable bonds is 3. The fourth-order valence-corrected chi connectivity index (χ4v) is 2.27. The van der Waals surface area contributed by atoms with Crippen molar-refractivity contribution in [3.63, 3.8) is 0 Å². The van der Waals surface area contributed by atoms with Crippen LogP contribution < -0.4 is 0 Å². The third kappa shape index (κ3) is 2.08. The zero-order valence-electron chi connectivity index (χ0n) is 9.34. The Morgan fingerprint density at radius 3 is 2.21 bits per heavy atom. The molecule has 0 spiro atoms. The van der Waals surface area contributed by atoms with E-state index in [2.05, 4.69) is 0 Å². The van der Waals surface area contributed by atoms with Gasteiger partial charge < -0.3 is 9.47 Å². The molecule has 0 aromatic heterocycles. The highest BCUT2D eigenvalue weighted by Gasteiger charge is 2.42. The highest BCUT2D eigenvalue weighted by molar-refractivity contribution is 5.79. The van der Waals surface area contributed by atoms with Gasteiger partial charge in [0.25, 0.3) is 0 Å². The summed E-state index contributed by atoms with van der Waals surface area (Å²) in [6.07, 6.45) is 5.80. The lowest BCUT2D eigenvalue weighted by atomic mass is 9.77. The van der Waals surface area contributed by atoms with Gasteiger partial charge in [0.15, 0.2) is 5.60 Å². The van der Waals surface area contributed by atoms with Crippen LogP contribution in [-0.2, 0) is 14.3 Å². The predicted octanol–water partition coefficient (Wildman–Crippen LogP) is 2.14. The van der Waals surface area contributed by atoms with Gasteiger partial charge in [0.2, 0.25) is 0 Å². The summed E-state index contributed by atoms with van der Waals surface area (Å²) in [6, 6.07) is 0. The Morgan fingerprint density at radius 2 is 1.79 bits per heavy atom. The van der Waals surface area contributed by atoms with Crippen molar-refractivity contribution in [3.05, 3.63) is 0 Å². The average molecular weight is 200 g/mol. The highest BCUT2D eigenvalue weighted by Crippen LogP contribution is 2.35. The summed E-state index contributed by atoms with van der Waals surface area (Å²) in [4.78, 5) is 11.6. The summed E-state index contributed by atoms with van der Waals surface area (Å²) in [5.41, 5.74) is -0.741. The lowest BCUT2D eigenvalue weighted by Crippen LogP contribution is -2.46. The van der Waals surface area contributed by atoms with E-state index in [4.69, 9.17) is 9.47 Å². The van der Waals surface area contributed by atoms with Gasteiger partial charge in [-0.05, 0) is 25.7 Å². The van der Waals surface area contributed by atoms with E-state index in [1.807, 2.05) is 6.92 Å². The molecule has 1 fully saturated rings. The third-order valence-corrected chi connectivity index (χ3v) is 3.40. The molecule has 0 amide bonds. The minimum Gasteiger partial charge on any atom is -0.467 e. The van der Waals surface area contributed by atoms with Crippen LogP contribution in [0.4, 0.5) is 0 Å². The second-order valence-electron chi connectivity index (χ2n) is 4.14. The Labute approximate surface area is 85.8 Å². The summed E-state index contributed by atoms with van der Waals surface area (Å²) in [5.74, 6) is 0.0700. The van der Waals surface area contributed by atoms with Gasteiger partial charge in [-0.2, -0.15) is 0 Å². The molecule has 3 nitrogen and oxygen atoms in total. The van der Waals surface area contributed by atoms with Crippen LogP contribution in [0, 0.1) is 5.92 Å². The molecule has 1 rings (SSSR count). The second-order valence-corrected chi connectivity index (χ2v) is 4.14. The normalized spacial score (nSPS) is 22.8. The molecule has 1 aliphatic rings. The van der Waals surface area contributed by atoms with Crippen LogP contribution in [0.3, 0.4) is 0 Å². The van der Waals surface area contributed by atoms with E-state index >= 15 is 0 Å². The molecule has 0 heterocycles. The standard InChI is InChI=1S/C11H20O3/c1-11(14-3,10(12)13-2)9-7-5-4-6-8-9/h9H,4-8H2,1-3H3/t11-/m0/s1. The summed E-state index contributed by atoms with van der Waals surface area (Å²) in [6.45, 7) is 1.84. The minimum absolute atomic E-state index is 0.244. The Bertz CT molecular complexity index is 197. The number of carbonyl (C=O) groups is 1. The summed E-state index contributed by atoms with van der Waals surface area (Å²) >= 11 is 0. The van der Waals surface area contributed by atoms with E-state index in [0.717, 1.165) is 12.8 Å². The molecule has 0 radical (unpaired) electrons. The molecule has 1 atom stereocenters. The maximum absolute atomic E-state index is 11.6. The first-order chi connectivity index (χ1) is 6.65. The topological polar surface area (TPSA) is 35.5 Å². The Morgan fingerprint density at radius 1 is 1.21 bits per heavy atom. The van der Waals surface area contributed by atoms with E-state index < -0.39 is 5.60 Å². The number of esters is 1. The molecule has 0 aliphatic heterocycles. The average Bonchev–Trinajstić information content (AvgIpc) is 2.28. The zero-order valence-corrected chi connectivity index (χ0v) is 9.34. The molecular weight excluding hydrogens is 180 g/mol. The summed E-state index contributed by atoms with van der Waals surface area (Å²) < 4.78 is 10.2. The van der Waals surface area contributed by atoms with Crippen molar-refractivity contribution in [3.8, 4) is 0 Å². The largest absolute Gasteiger partial charge is 0.467 e. The number of carbonyl (C=O) groups excluding carboxylic acids is 1. The molecule has 0 unspecified atom stereocenters. The van der Waals surface area contributed by atoms with Crippen molar-refractivity contribution in [2.45, 2.75) is 44.6 Å². The molecule has 1 saturated carbocycles. The molecule has 0 bridgehead atoms. The second kappa shape index (κ2) is 4.78. The van der Waals surface area contributed by atoms with E-state index in [9.17, 15) is 4.79 Å². The van der Waals surface area contributed by atoms with Crippen LogP contribution in [-0.4, -0.2) is 25.8 Å². The van der Waals surface area contributed by atoms with Crippen LogP contribution in [0.1, 0.15) is 39.0 Å². The number of hydrogen-bond acceptors (Lipinski definition) is 3. The van der Waals surface area contributed by atoms with Crippen molar-refractivity contribution < 1.29 is 14.3 Å². The Hall–Kier alpha value is -0.570. The van der Waals surface area contributed by atoms with Gasteiger partial charge in [0.05, 0.1) is 7.11 Å². The predicted molar refractivity (Wildman–Crippen MR) is 54.0 cm³/mol. The molecule has 0 aromatic carbocycles. The van der Waals surface area contributed by atoms with E-state index in [-0.39, 0.29) is 5.97 Å². The number of methoxy groups -OCH3 is 2. The molecular formula is C11H20O3. The first kappa shape index (κ1) is 11.5. The highest BCUT2D eigenvalue weighted by atomic mass is 16.6. The fourth-order valence-electron chi connectivity index (χ4n) is 2.27. The van der Waals surface area contributed by atoms with Crippen molar-refractivity contribution in [1.82, 2.24) is 0 Å². The lowest BCUT2D eigenvalue weighted by molar-refractivity contribution is -0.172. The smallest absolute Gasteiger partial charge is 0.338 e. The van der Waals surface area contributed by atoms with Gasteiger partial charge in [-0.15, -0.1) is 0 Å². The number of hydrogen-bond donors (Lipinski definition) is 0. The minimum atomic E-state index is -0.741. The van der Waals surface area contributed by atoms with Crippen LogP contribution in [0.15, 0.2) is 0 Å². The van der Waals surface area contributed by atoms with Crippen molar-refractivity contribution >= 4 is 5.97 Å². The zero-order chi connectivity index (χ0) is 10.6. The number of ether oxygens (including phenoxy) is 2. The first-order valence-corrected chi connectivity index (χ1v) is 5.28. The lowest BCUT2D eigenvalue weighted by Gasteiger charge is -2.36. The van der Waals surface area contributed by atoms with Crippen molar-refractivity contribution in [2.75, 3.05) is 14.2 Å².